The van der Waals surface area contributed by atoms with Crippen LogP contribution in [0.2, 0.25) is 0 Å². The number of halogens is 2. The van der Waals surface area contributed by atoms with Crippen molar-refractivity contribution in [1.82, 2.24) is 0 Å². The molecular weight excluding hydrogens is 256 g/mol. The van der Waals surface area contributed by atoms with Gasteiger partial charge in [-0.2, -0.15) is 0 Å². The first-order chi connectivity index (χ1) is 4.72. The van der Waals surface area contributed by atoms with Crippen molar-refractivity contribution < 1.29 is 0 Å². The Hall–Kier alpha value is 0.440. The molecule has 0 aliphatic carbocycles. The van der Waals surface area contributed by atoms with Crippen LogP contribution in [-0.2, 0) is 0 Å². The van der Waals surface area contributed by atoms with Crippen molar-refractivity contribution in [3.05, 3.63) is 24.3 Å². The minimum Gasteiger partial charge on any atom is -0.0905 e. The summed E-state index contributed by atoms with van der Waals surface area (Å²) in [6.07, 6.45) is 8.30. The Kier molecular flexibility index (Phi) is 6.44. The number of hydrogen-bond donors (Lipinski definition) is 0. The van der Waals surface area contributed by atoms with E-state index in [1.807, 2.05) is 26.0 Å². The number of rotatable bonds is 3. The highest BCUT2D eigenvalue weighted by Gasteiger charge is 2.06. The van der Waals surface area contributed by atoms with Crippen molar-refractivity contribution >= 4 is 31.9 Å². The van der Waals surface area contributed by atoms with Crippen molar-refractivity contribution in [3.63, 3.8) is 0 Å². The van der Waals surface area contributed by atoms with Crippen molar-refractivity contribution in [1.29, 1.82) is 0 Å². The van der Waals surface area contributed by atoms with E-state index in [1.165, 1.54) is 0 Å². The fourth-order valence-corrected chi connectivity index (χ4v) is 1.54. The first-order valence-corrected chi connectivity index (χ1v) is 5.09. The van der Waals surface area contributed by atoms with Crippen LogP contribution in [0.5, 0.6) is 0 Å². The summed E-state index contributed by atoms with van der Waals surface area (Å²) < 4.78 is 0. The maximum Gasteiger partial charge on any atom is 0.0485 e. The van der Waals surface area contributed by atoms with Crippen molar-refractivity contribution in [3.8, 4) is 0 Å². The van der Waals surface area contributed by atoms with E-state index in [2.05, 4.69) is 44.0 Å². The Bertz CT molecular complexity index is 111. The Morgan fingerprint density at radius 3 is 1.40 bits per heavy atom. The minimum atomic E-state index is 0.397. The molecule has 0 radical (unpaired) electrons. The normalized spacial score (nSPS) is 18.4. The highest BCUT2D eigenvalue weighted by molar-refractivity contribution is 9.12. The molecule has 10 heavy (non-hydrogen) atoms. The molecule has 58 valence electrons. The molecule has 0 saturated heterocycles. The molecule has 0 aromatic rings. The second kappa shape index (κ2) is 6.17. The molecule has 0 aromatic heterocycles. The average Bonchev–Trinajstić information content (AvgIpc) is 1.89. The van der Waals surface area contributed by atoms with Gasteiger partial charge in [0.2, 0.25) is 0 Å². The molecule has 2 heteroatoms. The van der Waals surface area contributed by atoms with Crippen LogP contribution in [0.25, 0.3) is 0 Å². The smallest absolute Gasteiger partial charge is 0.0485 e. The van der Waals surface area contributed by atoms with Gasteiger partial charge in [0, 0.05) is 9.65 Å². The lowest BCUT2D eigenvalue weighted by molar-refractivity contribution is 1.12. The highest BCUT2D eigenvalue weighted by Crippen LogP contribution is 2.16. The molecule has 0 bridgehead atoms. The van der Waals surface area contributed by atoms with Crippen LogP contribution >= 0.6 is 31.9 Å². The Morgan fingerprint density at radius 1 is 0.900 bits per heavy atom. The van der Waals surface area contributed by atoms with E-state index in [4.69, 9.17) is 0 Å². The molecule has 0 fully saturated rings. The van der Waals surface area contributed by atoms with Gasteiger partial charge in [0.05, 0.1) is 0 Å². The zero-order chi connectivity index (χ0) is 7.98. The zero-order valence-electron chi connectivity index (χ0n) is 6.22. The van der Waals surface area contributed by atoms with Gasteiger partial charge in [-0.1, -0.05) is 56.2 Å². The summed E-state index contributed by atoms with van der Waals surface area (Å²) in [5, 5.41) is 0. The summed E-state index contributed by atoms with van der Waals surface area (Å²) in [4.78, 5) is 0.794. The van der Waals surface area contributed by atoms with E-state index in [0.717, 1.165) is 0 Å². The molecule has 2 unspecified atom stereocenters. The third-order valence-corrected chi connectivity index (χ3v) is 3.52. The Labute approximate surface area is 79.6 Å². The predicted molar refractivity (Wildman–Crippen MR) is 55.1 cm³/mol. The molecule has 0 rings (SSSR count). The third-order valence-electron chi connectivity index (χ3n) is 1.06. The molecule has 0 N–H and O–H groups in total. The second-order valence-corrected chi connectivity index (χ2v) is 4.06. The van der Waals surface area contributed by atoms with E-state index in [-0.39, 0.29) is 0 Å². The summed E-state index contributed by atoms with van der Waals surface area (Å²) >= 11 is 7.04. The molecule has 0 aliphatic heterocycles. The van der Waals surface area contributed by atoms with Gasteiger partial charge in [-0.3, -0.25) is 0 Å². The van der Waals surface area contributed by atoms with Crippen LogP contribution < -0.4 is 0 Å². The van der Waals surface area contributed by atoms with Gasteiger partial charge in [-0.15, -0.1) is 0 Å². The first kappa shape index (κ1) is 10.4. The monoisotopic (exact) mass is 266 g/mol. The van der Waals surface area contributed by atoms with Crippen molar-refractivity contribution in [2.45, 2.75) is 23.5 Å². The van der Waals surface area contributed by atoms with E-state index in [0.29, 0.717) is 9.65 Å². The molecule has 0 aliphatic rings. The highest BCUT2D eigenvalue weighted by atomic mass is 79.9. The second-order valence-electron chi connectivity index (χ2n) is 1.94. The largest absolute Gasteiger partial charge is 0.0905 e. The SMILES string of the molecule is C/C=C/C(Br)C(Br)/C=C/C. The van der Waals surface area contributed by atoms with Crippen LogP contribution in [0, 0.1) is 0 Å². The number of allylic oxidation sites excluding steroid dienone is 4. The maximum absolute atomic E-state index is 3.52. The van der Waals surface area contributed by atoms with Gasteiger partial charge in [-0.25, -0.2) is 0 Å². The topological polar surface area (TPSA) is 0 Å². The average molecular weight is 268 g/mol. The van der Waals surface area contributed by atoms with E-state index in [1.54, 1.807) is 0 Å². The minimum absolute atomic E-state index is 0.397. The van der Waals surface area contributed by atoms with E-state index in [9.17, 15) is 0 Å². The molecule has 0 heterocycles. The summed E-state index contributed by atoms with van der Waals surface area (Å²) in [6, 6.07) is 0. The summed E-state index contributed by atoms with van der Waals surface area (Å²) in [5.41, 5.74) is 0. The summed E-state index contributed by atoms with van der Waals surface area (Å²) in [7, 11) is 0. The lowest BCUT2D eigenvalue weighted by atomic mass is 10.3. The Balaban J connectivity index is 3.81. The molecule has 0 amide bonds. The van der Waals surface area contributed by atoms with Crippen molar-refractivity contribution in [2.24, 2.45) is 0 Å². The van der Waals surface area contributed by atoms with Crippen LogP contribution in [-0.4, -0.2) is 9.65 Å². The van der Waals surface area contributed by atoms with Crippen LogP contribution in [0.3, 0.4) is 0 Å². The number of hydrogen-bond acceptors (Lipinski definition) is 0. The fourth-order valence-electron chi connectivity index (χ4n) is 0.580. The molecule has 0 saturated carbocycles. The predicted octanol–water partition coefficient (Wildman–Crippen LogP) is 3.67. The fraction of sp³-hybridized carbons (Fsp3) is 0.500. The van der Waals surface area contributed by atoms with Gasteiger partial charge < -0.3 is 0 Å². The third kappa shape index (κ3) is 4.29. The zero-order valence-corrected chi connectivity index (χ0v) is 9.39. The maximum atomic E-state index is 3.52. The van der Waals surface area contributed by atoms with Crippen LogP contribution in [0.15, 0.2) is 24.3 Å². The first-order valence-electron chi connectivity index (χ1n) is 3.26. The molecular formula is C8H12Br2. The molecule has 2 atom stereocenters. The van der Waals surface area contributed by atoms with Gasteiger partial charge >= 0.3 is 0 Å². The molecule has 0 nitrogen and oxygen atoms in total. The molecule has 0 spiro atoms. The summed E-state index contributed by atoms with van der Waals surface area (Å²) in [6.45, 7) is 4.04. The quantitative estimate of drug-likeness (QED) is 0.541. The van der Waals surface area contributed by atoms with E-state index < -0.39 is 0 Å². The van der Waals surface area contributed by atoms with Crippen LogP contribution in [0.4, 0.5) is 0 Å². The molecule has 0 aromatic carbocycles. The van der Waals surface area contributed by atoms with E-state index >= 15 is 0 Å². The van der Waals surface area contributed by atoms with Gasteiger partial charge in [0.15, 0.2) is 0 Å². The lowest BCUT2D eigenvalue weighted by Gasteiger charge is -2.06. The summed E-state index contributed by atoms with van der Waals surface area (Å²) in [5.74, 6) is 0. The van der Waals surface area contributed by atoms with Crippen molar-refractivity contribution in [2.75, 3.05) is 0 Å². The standard InChI is InChI=1S/C8H12Br2/c1-3-5-7(9)8(10)6-4-2/h3-8H,1-2H3/b5-3+,6-4+. The Morgan fingerprint density at radius 2 is 1.20 bits per heavy atom. The van der Waals surface area contributed by atoms with Gasteiger partial charge in [-0.05, 0) is 13.8 Å². The van der Waals surface area contributed by atoms with Gasteiger partial charge in [0.1, 0.15) is 0 Å². The van der Waals surface area contributed by atoms with Crippen LogP contribution in [0.1, 0.15) is 13.8 Å². The van der Waals surface area contributed by atoms with Gasteiger partial charge in [0.25, 0.3) is 0 Å². The number of alkyl halides is 2. The lowest BCUT2D eigenvalue weighted by Crippen LogP contribution is -2.06.